The second kappa shape index (κ2) is 4.43. The minimum Gasteiger partial charge on any atom is -0.456 e. The Hall–Kier alpha value is -3.13. The third-order valence-electron chi connectivity index (χ3n) is 4.45. The molecule has 1 aliphatic heterocycles. The number of fused-ring (bicyclic) bond motifs is 6. The first kappa shape index (κ1) is 12.4. The van der Waals surface area contributed by atoms with Crippen LogP contribution >= 0.6 is 0 Å². The lowest BCUT2D eigenvalue weighted by atomic mass is 10.1. The summed E-state index contributed by atoms with van der Waals surface area (Å²) in [6, 6.07) is 23.5. The van der Waals surface area contributed by atoms with Crippen LogP contribution in [0.15, 0.2) is 82.0 Å². The van der Waals surface area contributed by atoms with E-state index < -0.39 is 0 Å². The minimum absolute atomic E-state index is 0.0725. The lowest BCUT2D eigenvalue weighted by Crippen LogP contribution is -1.96. The Morgan fingerprint density at radius 2 is 1.00 bits per heavy atom. The van der Waals surface area contributed by atoms with E-state index in [1.807, 2.05) is 72.8 Å². The molecular formula is C21H12O2. The smallest absolute Gasteiger partial charge is 0.195 e. The second-order valence-electron chi connectivity index (χ2n) is 5.72. The number of hydrogen-bond acceptors (Lipinski definition) is 2. The number of benzene rings is 3. The van der Waals surface area contributed by atoms with Gasteiger partial charge >= 0.3 is 0 Å². The first-order valence-electron chi connectivity index (χ1n) is 7.59. The summed E-state index contributed by atoms with van der Waals surface area (Å²) in [6.07, 6.45) is 0. The van der Waals surface area contributed by atoms with Gasteiger partial charge in [0.15, 0.2) is 5.43 Å². The maximum Gasteiger partial charge on any atom is 0.195 e. The predicted octanol–water partition coefficient (Wildman–Crippen LogP) is 4.82. The molecule has 2 aliphatic rings. The van der Waals surface area contributed by atoms with Crippen LogP contribution < -0.4 is 5.43 Å². The molecule has 0 saturated heterocycles. The molecule has 3 aromatic rings. The fourth-order valence-corrected chi connectivity index (χ4v) is 3.46. The van der Waals surface area contributed by atoms with E-state index >= 15 is 0 Å². The van der Waals surface area contributed by atoms with Gasteiger partial charge < -0.3 is 4.42 Å². The Bertz CT molecular complexity index is 1330. The van der Waals surface area contributed by atoms with Gasteiger partial charge in [0.05, 0.1) is 0 Å². The molecule has 3 aromatic carbocycles. The van der Waals surface area contributed by atoms with Gasteiger partial charge in [0.2, 0.25) is 0 Å². The van der Waals surface area contributed by atoms with E-state index in [-0.39, 0.29) is 5.43 Å². The third-order valence-corrected chi connectivity index (χ3v) is 4.45. The van der Waals surface area contributed by atoms with Crippen molar-refractivity contribution in [3.05, 3.63) is 93.5 Å². The number of para-hydroxylation sites is 2. The minimum atomic E-state index is 0.0725. The standard InChI is InChI=1S/C21H12O2/c22-21-14-8-2-1-7-13(14)19-15-9-3-5-11-17(15)23-18-12-6-4-10-16(18)20(19)21/h1-12H. The SMILES string of the molecule is O=c1c2c3ccccc3oc3ccccc3c=2c2ccccc12. The molecule has 0 spiro atoms. The van der Waals surface area contributed by atoms with E-state index in [1.54, 1.807) is 0 Å². The molecule has 108 valence electrons. The summed E-state index contributed by atoms with van der Waals surface area (Å²) in [5.74, 6) is 0. The molecule has 0 aromatic heterocycles. The Morgan fingerprint density at radius 3 is 1.65 bits per heavy atom. The summed E-state index contributed by atoms with van der Waals surface area (Å²) in [6.45, 7) is 0. The Labute approximate surface area is 131 Å². The van der Waals surface area contributed by atoms with Crippen molar-refractivity contribution >= 4 is 32.7 Å². The summed E-state index contributed by atoms with van der Waals surface area (Å²) in [7, 11) is 0. The lowest BCUT2D eigenvalue weighted by Gasteiger charge is -1.94. The van der Waals surface area contributed by atoms with Gasteiger partial charge in [-0.3, -0.25) is 4.79 Å². The van der Waals surface area contributed by atoms with Crippen molar-refractivity contribution in [2.24, 2.45) is 0 Å². The highest BCUT2D eigenvalue weighted by atomic mass is 16.3. The topological polar surface area (TPSA) is 30.2 Å². The summed E-state index contributed by atoms with van der Waals surface area (Å²) in [4.78, 5) is 13.0. The molecule has 0 amide bonds. The third kappa shape index (κ3) is 1.60. The normalized spacial score (nSPS) is 11.7. The van der Waals surface area contributed by atoms with Gasteiger partial charge in [-0.1, -0.05) is 60.7 Å². The van der Waals surface area contributed by atoms with E-state index in [2.05, 4.69) is 0 Å². The van der Waals surface area contributed by atoms with E-state index in [9.17, 15) is 4.79 Å². The van der Waals surface area contributed by atoms with E-state index in [1.165, 1.54) is 0 Å². The van der Waals surface area contributed by atoms with Crippen molar-refractivity contribution in [2.45, 2.75) is 0 Å². The first-order valence-corrected chi connectivity index (χ1v) is 7.59. The molecule has 1 heterocycles. The van der Waals surface area contributed by atoms with Crippen LogP contribution in [0.25, 0.3) is 32.7 Å². The fourth-order valence-electron chi connectivity index (χ4n) is 3.46. The van der Waals surface area contributed by atoms with E-state index in [4.69, 9.17) is 4.42 Å². The highest BCUT2D eigenvalue weighted by Gasteiger charge is 2.12. The van der Waals surface area contributed by atoms with Crippen molar-refractivity contribution in [2.75, 3.05) is 0 Å². The van der Waals surface area contributed by atoms with Crippen LogP contribution in [0, 0.1) is 10.4 Å². The van der Waals surface area contributed by atoms with Crippen LogP contribution in [0.4, 0.5) is 0 Å². The van der Waals surface area contributed by atoms with Gasteiger partial charge in [-0.05, 0) is 17.5 Å². The molecule has 0 radical (unpaired) electrons. The molecule has 0 atom stereocenters. The monoisotopic (exact) mass is 296 g/mol. The van der Waals surface area contributed by atoms with Crippen molar-refractivity contribution < 1.29 is 4.42 Å². The molecule has 23 heavy (non-hydrogen) atoms. The van der Waals surface area contributed by atoms with Crippen LogP contribution in [0.3, 0.4) is 0 Å². The average molecular weight is 296 g/mol. The zero-order valence-corrected chi connectivity index (χ0v) is 12.2. The summed E-state index contributed by atoms with van der Waals surface area (Å²) >= 11 is 0. The maximum atomic E-state index is 13.0. The molecule has 0 unspecified atom stereocenters. The highest BCUT2D eigenvalue weighted by molar-refractivity contribution is 5.96. The van der Waals surface area contributed by atoms with Gasteiger partial charge in [-0.15, -0.1) is 0 Å². The summed E-state index contributed by atoms with van der Waals surface area (Å²) < 4.78 is 6.11. The molecule has 0 fully saturated rings. The molecular weight excluding hydrogens is 284 g/mol. The van der Waals surface area contributed by atoms with Crippen LogP contribution in [0.1, 0.15) is 0 Å². The Kier molecular flexibility index (Phi) is 2.39. The zero-order valence-electron chi connectivity index (χ0n) is 12.2. The molecule has 2 nitrogen and oxygen atoms in total. The highest BCUT2D eigenvalue weighted by Crippen LogP contribution is 2.27. The van der Waals surface area contributed by atoms with Crippen molar-refractivity contribution in [3.8, 4) is 0 Å². The van der Waals surface area contributed by atoms with E-state index in [0.29, 0.717) is 0 Å². The predicted molar refractivity (Wildman–Crippen MR) is 92.8 cm³/mol. The van der Waals surface area contributed by atoms with Crippen LogP contribution in [-0.2, 0) is 0 Å². The molecule has 0 bridgehead atoms. The Morgan fingerprint density at radius 1 is 0.522 bits per heavy atom. The summed E-state index contributed by atoms with van der Waals surface area (Å²) in [5.41, 5.74) is 1.59. The summed E-state index contributed by atoms with van der Waals surface area (Å²) in [5, 5.41) is 5.30. The van der Waals surface area contributed by atoms with Crippen molar-refractivity contribution in [1.82, 2.24) is 0 Å². The number of rotatable bonds is 0. The molecule has 0 saturated carbocycles. The average Bonchev–Trinajstić information content (AvgIpc) is 2.80. The maximum absolute atomic E-state index is 13.0. The number of hydrogen-bond donors (Lipinski definition) is 0. The first-order chi connectivity index (χ1) is 11.3. The van der Waals surface area contributed by atoms with Gasteiger partial charge in [-0.2, -0.15) is 0 Å². The fraction of sp³-hybridized carbons (Fsp3) is 0. The quantitative estimate of drug-likeness (QED) is 0.410. The van der Waals surface area contributed by atoms with Crippen LogP contribution in [0.5, 0.6) is 0 Å². The molecule has 5 rings (SSSR count). The van der Waals surface area contributed by atoms with Crippen LogP contribution in [0.2, 0.25) is 0 Å². The zero-order chi connectivity index (χ0) is 15.4. The van der Waals surface area contributed by atoms with Gasteiger partial charge in [0.1, 0.15) is 11.2 Å². The van der Waals surface area contributed by atoms with Gasteiger partial charge in [0.25, 0.3) is 0 Å². The van der Waals surface area contributed by atoms with Crippen molar-refractivity contribution in [1.29, 1.82) is 0 Å². The van der Waals surface area contributed by atoms with Crippen molar-refractivity contribution in [3.63, 3.8) is 0 Å². The Balaban J connectivity index is 2.37. The lowest BCUT2D eigenvalue weighted by molar-refractivity contribution is 0.663. The molecule has 0 N–H and O–H groups in total. The molecule has 1 aliphatic carbocycles. The van der Waals surface area contributed by atoms with Gasteiger partial charge in [0, 0.05) is 26.6 Å². The molecule has 2 heteroatoms. The largest absolute Gasteiger partial charge is 0.456 e. The van der Waals surface area contributed by atoms with Crippen LogP contribution in [-0.4, -0.2) is 0 Å². The second-order valence-corrected chi connectivity index (χ2v) is 5.72. The van der Waals surface area contributed by atoms with E-state index in [0.717, 1.165) is 43.1 Å². The van der Waals surface area contributed by atoms with Gasteiger partial charge in [-0.25, -0.2) is 0 Å².